The van der Waals surface area contributed by atoms with Gasteiger partial charge >= 0.3 is 5.97 Å². The molecule has 1 spiro atoms. The fraction of sp³-hybridized carbons (Fsp3) is 0.417. The lowest BCUT2D eigenvalue weighted by molar-refractivity contribution is -0.185. The Morgan fingerprint density at radius 2 is 1.50 bits per heavy atom. The molecule has 0 amide bonds. The standard InChI is InChI=1S/C24H26Cl2N2O4/c1-30-23(29)21(16-28-12-10-24(11-13-28)31-14-15-32-24)27-22(17-2-6-19(25)7-3-17)18-4-8-20(26)9-5-18/h2-9,21H,10-16H2,1H3. The van der Waals surface area contributed by atoms with Crippen LogP contribution in [-0.2, 0) is 19.0 Å². The minimum Gasteiger partial charge on any atom is -0.467 e. The first kappa shape index (κ1) is 23.2. The minimum atomic E-state index is -0.680. The van der Waals surface area contributed by atoms with Crippen LogP contribution in [0.2, 0.25) is 10.0 Å². The lowest BCUT2D eigenvalue weighted by Crippen LogP contribution is -2.48. The summed E-state index contributed by atoms with van der Waals surface area (Å²) in [5, 5.41) is 1.26. The minimum absolute atomic E-state index is 0.376. The molecule has 32 heavy (non-hydrogen) atoms. The molecule has 0 aliphatic carbocycles. The predicted molar refractivity (Wildman–Crippen MR) is 125 cm³/mol. The molecule has 2 aliphatic rings. The van der Waals surface area contributed by atoms with E-state index in [4.69, 9.17) is 42.4 Å². The van der Waals surface area contributed by atoms with Crippen LogP contribution in [-0.4, -0.2) is 68.4 Å². The number of ether oxygens (including phenoxy) is 3. The number of carbonyl (C=O) groups is 1. The predicted octanol–water partition coefficient (Wildman–Crippen LogP) is 4.21. The van der Waals surface area contributed by atoms with Gasteiger partial charge in [-0.15, -0.1) is 0 Å². The summed E-state index contributed by atoms with van der Waals surface area (Å²) in [6.45, 7) is 3.26. The molecule has 8 heteroatoms. The molecule has 2 aliphatic heterocycles. The van der Waals surface area contributed by atoms with Crippen molar-refractivity contribution in [3.63, 3.8) is 0 Å². The number of carbonyl (C=O) groups excluding carboxylic acids is 1. The Kier molecular flexibility index (Phi) is 7.48. The molecule has 1 unspecified atom stereocenters. The van der Waals surface area contributed by atoms with Crippen LogP contribution in [0.5, 0.6) is 0 Å². The highest BCUT2D eigenvalue weighted by Crippen LogP contribution is 2.31. The lowest BCUT2D eigenvalue weighted by atomic mass is 10.0. The molecular weight excluding hydrogens is 451 g/mol. The molecule has 6 nitrogen and oxygen atoms in total. The average Bonchev–Trinajstić information content (AvgIpc) is 3.27. The third-order valence-electron chi connectivity index (χ3n) is 5.86. The summed E-state index contributed by atoms with van der Waals surface area (Å²) >= 11 is 12.2. The van der Waals surface area contributed by atoms with Gasteiger partial charge in [0.2, 0.25) is 0 Å². The fourth-order valence-corrected chi connectivity index (χ4v) is 4.35. The number of likely N-dealkylation sites (tertiary alicyclic amines) is 1. The summed E-state index contributed by atoms with van der Waals surface area (Å²) < 4.78 is 16.7. The molecule has 0 radical (unpaired) electrons. The van der Waals surface area contributed by atoms with Crippen LogP contribution >= 0.6 is 23.2 Å². The van der Waals surface area contributed by atoms with E-state index in [1.54, 1.807) is 24.3 Å². The quantitative estimate of drug-likeness (QED) is 0.461. The molecule has 4 rings (SSSR count). The molecule has 0 saturated carbocycles. The summed E-state index contributed by atoms with van der Waals surface area (Å²) in [5.41, 5.74) is 2.40. The van der Waals surface area contributed by atoms with Gasteiger partial charge in [-0.05, 0) is 24.3 Å². The second-order valence-electron chi connectivity index (χ2n) is 7.94. The van der Waals surface area contributed by atoms with Crippen molar-refractivity contribution in [2.24, 2.45) is 4.99 Å². The van der Waals surface area contributed by atoms with Crippen molar-refractivity contribution in [3.8, 4) is 0 Å². The molecule has 2 saturated heterocycles. The number of halogens is 2. The zero-order valence-electron chi connectivity index (χ0n) is 17.9. The zero-order valence-corrected chi connectivity index (χ0v) is 19.4. The maximum atomic E-state index is 12.7. The van der Waals surface area contributed by atoms with Crippen molar-refractivity contribution in [1.82, 2.24) is 4.90 Å². The molecule has 0 aromatic heterocycles. The summed E-state index contributed by atoms with van der Waals surface area (Å²) in [4.78, 5) is 19.8. The first-order valence-electron chi connectivity index (χ1n) is 10.7. The highest BCUT2D eigenvalue weighted by Gasteiger charge is 2.40. The third kappa shape index (κ3) is 5.50. The fourth-order valence-electron chi connectivity index (χ4n) is 4.10. The van der Waals surface area contributed by atoms with Gasteiger partial charge in [0.25, 0.3) is 0 Å². The molecule has 2 heterocycles. The van der Waals surface area contributed by atoms with Crippen molar-refractivity contribution in [2.75, 3.05) is 40.0 Å². The van der Waals surface area contributed by atoms with Gasteiger partial charge in [-0.1, -0.05) is 47.5 Å². The highest BCUT2D eigenvalue weighted by atomic mass is 35.5. The SMILES string of the molecule is COC(=O)C(CN1CCC2(CC1)OCCO2)N=C(c1ccc(Cl)cc1)c1ccc(Cl)cc1. The largest absolute Gasteiger partial charge is 0.467 e. The third-order valence-corrected chi connectivity index (χ3v) is 6.36. The van der Waals surface area contributed by atoms with Gasteiger partial charge in [-0.3, -0.25) is 4.99 Å². The topological polar surface area (TPSA) is 60.4 Å². The van der Waals surface area contributed by atoms with Crippen molar-refractivity contribution in [1.29, 1.82) is 0 Å². The van der Waals surface area contributed by atoms with Crippen molar-refractivity contribution < 1.29 is 19.0 Å². The van der Waals surface area contributed by atoms with Gasteiger partial charge in [0, 0.05) is 53.6 Å². The number of hydrogen-bond donors (Lipinski definition) is 0. The van der Waals surface area contributed by atoms with E-state index in [1.807, 2.05) is 24.3 Å². The maximum absolute atomic E-state index is 12.7. The number of benzene rings is 2. The normalized spacial score (nSPS) is 19.0. The van der Waals surface area contributed by atoms with Crippen LogP contribution in [0.1, 0.15) is 24.0 Å². The van der Waals surface area contributed by atoms with E-state index in [0.29, 0.717) is 35.5 Å². The summed E-state index contributed by atoms with van der Waals surface area (Å²) in [5.74, 6) is -0.836. The highest BCUT2D eigenvalue weighted by molar-refractivity contribution is 6.31. The number of esters is 1. The lowest BCUT2D eigenvalue weighted by Gasteiger charge is -2.38. The van der Waals surface area contributed by atoms with Gasteiger partial charge in [0.15, 0.2) is 11.8 Å². The number of hydrogen-bond acceptors (Lipinski definition) is 6. The monoisotopic (exact) mass is 476 g/mol. The average molecular weight is 477 g/mol. The number of rotatable bonds is 6. The summed E-state index contributed by atoms with van der Waals surface area (Å²) in [7, 11) is 1.39. The number of methoxy groups -OCH3 is 1. The zero-order chi connectivity index (χ0) is 22.6. The summed E-state index contributed by atoms with van der Waals surface area (Å²) in [6, 6.07) is 14.1. The van der Waals surface area contributed by atoms with Gasteiger partial charge in [-0.2, -0.15) is 0 Å². The first-order valence-corrected chi connectivity index (χ1v) is 11.4. The van der Waals surface area contributed by atoms with Gasteiger partial charge in [-0.25, -0.2) is 4.79 Å². The number of piperidine rings is 1. The van der Waals surface area contributed by atoms with Crippen LogP contribution < -0.4 is 0 Å². The molecule has 2 aromatic rings. The van der Waals surface area contributed by atoms with Crippen LogP contribution in [0.25, 0.3) is 0 Å². The van der Waals surface area contributed by atoms with Crippen LogP contribution in [0, 0.1) is 0 Å². The smallest absolute Gasteiger partial charge is 0.331 e. The van der Waals surface area contributed by atoms with Crippen molar-refractivity contribution in [2.45, 2.75) is 24.7 Å². The maximum Gasteiger partial charge on any atom is 0.331 e. The Balaban J connectivity index is 1.60. The molecular formula is C24H26Cl2N2O4. The summed E-state index contributed by atoms with van der Waals surface area (Å²) in [6.07, 6.45) is 1.54. The number of nitrogens with zero attached hydrogens (tertiary/aromatic N) is 2. The van der Waals surface area contributed by atoms with E-state index in [2.05, 4.69) is 4.90 Å². The molecule has 170 valence electrons. The van der Waals surface area contributed by atoms with Crippen LogP contribution in [0.15, 0.2) is 53.5 Å². The molecule has 0 N–H and O–H groups in total. The Morgan fingerprint density at radius 1 is 1.00 bits per heavy atom. The van der Waals surface area contributed by atoms with E-state index in [9.17, 15) is 4.79 Å². The van der Waals surface area contributed by atoms with E-state index in [1.165, 1.54) is 7.11 Å². The molecule has 2 fully saturated rings. The van der Waals surface area contributed by atoms with Crippen molar-refractivity contribution in [3.05, 3.63) is 69.7 Å². The van der Waals surface area contributed by atoms with Crippen molar-refractivity contribution >= 4 is 34.9 Å². The van der Waals surface area contributed by atoms with Crippen LogP contribution in [0.4, 0.5) is 0 Å². The number of aliphatic imine (C=N–C) groups is 1. The Hall–Kier alpha value is -1.96. The second-order valence-corrected chi connectivity index (χ2v) is 8.81. The molecule has 1 atom stereocenters. The first-order chi connectivity index (χ1) is 15.5. The van der Waals surface area contributed by atoms with E-state index in [-0.39, 0.29) is 5.97 Å². The van der Waals surface area contributed by atoms with Crippen LogP contribution in [0.3, 0.4) is 0 Å². The molecule has 0 bridgehead atoms. The Labute approximate surface area is 198 Å². The Morgan fingerprint density at radius 3 is 1.97 bits per heavy atom. The van der Waals surface area contributed by atoms with Gasteiger partial charge < -0.3 is 19.1 Å². The van der Waals surface area contributed by atoms with Gasteiger partial charge in [0.05, 0.1) is 26.0 Å². The second kappa shape index (κ2) is 10.3. The Bertz CT molecular complexity index is 899. The van der Waals surface area contributed by atoms with E-state index < -0.39 is 11.8 Å². The van der Waals surface area contributed by atoms with Gasteiger partial charge in [0.1, 0.15) is 0 Å². The molecule has 2 aromatic carbocycles. The van der Waals surface area contributed by atoms with E-state index >= 15 is 0 Å². The van der Waals surface area contributed by atoms with E-state index in [0.717, 1.165) is 37.1 Å².